The molecule has 1 aliphatic heterocycles. The zero-order valence-electron chi connectivity index (χ0n) is 14.3. The lowest BCUT2D eigenvalue weighted by molar-refractivity contribution is -0.131. The topological polar surface area (TPSA) is 49.6 Å². The molecule has 0 saturated carbocycles. The SMILES string of the molecule is Cc1cc(CN2CCCN(C(=O)CCc3ccccc3)CC2)no1. The van der Waals surface area contributed by atoms with E-state index in [0.717, 1.165) is 57.0 Å². The van der Waals surface area contributed by atoms with E-state index in [1.54, 1.807) is 0 Å². The summed E-state index contributed by atoms with van der Waals surface area (Å²) in [6, 6.07) is 12.2. The number of amides is 1. The van der Waals surface area contributed by atoms with Crippen molar-refractivity contribution in [3.8, 4) is 0 Å². The Kier molecular flexibility index (Phi) is 5.64. The maximum atomic E-state index is 12.5. The zero-order chi connectivity index (χ0) is 16.8. The first-order valence-electron chi connectivity index (χ1n) is 8.67. The summed E-state index contributed by atoms with van der Waals surface area (Å²) in [6.07, 6.45) is 2.42. The molecule has 5 nitrogen and oxygen atoms in total. The maximum absolute atomic E-state index is 12.5. The van der Waals surface area contributed by atoms with Gasteiger partial charge in [0.25, 0.3) is 0 Å². The van der Waals surface area contributed by atoms with E-state index in [-0.39, 0.29) is 5.91 Å². The minimum atomic E-state index is 0.262. The van der Waals surface area contributed by atoms with Crippen LogP contribution in [0.3, 0.4) is 0 Å². The fourth-order valence-electron chi connectivity index (χ4n) is 3.15. The van der Waals surface area contributed by atoms with Crippen LogP contribution in [0, 0.1) is 6.92 Å². The van der Waals surface area contributed by atoms with Gasteiger partial charge in [0.15, 0.2) is 0 Å². The highest BCUT2D eigenvalue weighted by Crippen LogP contribution is 2.11. The molecule has 0 N–H and O–H groups in total. The van der Waals surface area contributed by atoms with Crippen LogP contribution >= 0.6 is 0 Å². The van der Waals surface area contributed by atoms with Crippen molar-refractivity contribution in [2.75, 3.05) is 26.2 Å². The zero-order valence-corrected chi connectivity index (χ0v) is 14.3. The van der Waals surface area contributed by atoms with E-state index in [0.29, 0.717) is 6.42 Å². The van der Waals surface area contributed by atoms with E-state index >= 15 is 0 Å². The van der Waals surface area contributed by atoms with Crippen molar-refractivity contribution >= 4 is 5.91 Å². The lowest BCUT2D eigenvalue weighted by atomic mass is 10.1. The van der Waals surface area contributed by atoms with Gasteiger partial charge in [-0.3, -0.25) is 9.69 Å². The maximum Gasteiger partial charge on any atom is 0.222 e. The summed E-state index contributed by atoms with van der Waals surface area (Å²) >= 11 is 0. The van der Waals surface area contributed by atoms with Gasteiger partial charge in [-0.25, -0.2) is 0 Å². The fraction of sp³-hybridized carbons (Fsp3) is 0.474. The van der Waals surface area contributed by atoms with Gasteiger partial charge in [0.2, 0.25) is 5.91 Å². The molecule has 2 aromatic rings. The predicted octanol–water partition coefficient (Wildman–Crippen LogP) is 2.65. The van der Waals surface area contributed by atoms with Crippen molar-refractivity contribution in [1.82, 2.24) is 15.0 Å². The third kappa shape index (κ3) is 4.68. The van der Waals surface area contributed by atoms with Gasteiger partial charge in [-0.05, 0) is 25.3 Å². The monoisotopic (exact) mass is 327 g/mol. The van der Waals surface area contributed by atoms with E-state index in [2.05, 4.69) is 22.2 Å². The lowest BCUT2D eigenvalue weighted by Crippen LogP contribution is -2.35. The molecule has 0 spiro atoms. The van der Waals surface area contributed by atoms with E-state index in [4.69, 9.17) is 4.52 Å². The molecule has 1 aromatic carbocycles. The van der Waals surface area contributed by atoms with Gasteiger partial charge in [0, 0.05) is 45.2 Å². The smallest absolute Gasteiger partial charge is 0.222 e. The van der Waals surface area contributed by atoms with Gasteiger partial charge in [0.05, 0.1) is 5.69 Å². The summed E-state index contributed by atoms with van der Waals surface area (Å²) in [7, 11) is 0. The summed E-state index contributed by atoms with van der Waals surface area (Å²) < 4.78 is 5.13. The lowest BCUT2D eigenvalue weighted by Gasteiger charge is -2.21. The molecule has 0 aliphatic carbocycles. The van der Waals surface area contributed by atoms with Gasteiger partial charge in [-0.1, -0.05) is 35.5 Å². The number of nitrogens with zero attached hydrogens (tertiary/aromatic N) is 3. The minimum Gasteiger partial charge on any atom is -0.361 e. The number of hydrogen-bond donors (Lipinski definition) is 0. The van der Waals surface area contributed by atoms with Crippen molar-refractivity contribution in [3.05, 3.63) is 53.4 Å². The first-order valence-corrected chi connectivity index (χ1v) is 8.67. The summed E-state index contributed by atoms with van der Waals surface area (Å²) in [5.74, 6) is 1.11. The fourth-order valence-corrected chi connectivity index (χ4v) is 3.15. The van der Waals surface area contributed by atoms with Crippen molar-refractivity contribution in [2.24, 2.45) is 0 Å². The molecule has 5 heteroatoms. The average molecular weight is 327 g/mol. The van der Waals surface area contributed by atoms with Gasteiger partial charge >= 0.3 is 0 Å². The van der Waals surface area contributed by atoms with Crippen LogP contribution in [0.1, 0.15) is 29.9 Å². The Hall–Kier alpha value is -2.14. The third-order valence-electron chi connectivity index (χ3n) is 4.47. The standard InChI is InChI=1S/C19H25N3O2/c1-16-14-18(20-24-16)15-21-10-5-11-22(13-12-21)19(23)9-8-17-6-3-2-4-7-17/h2-4,6-7,14H,5,8-13,15H2,1H3. The van der Waals surface area contributed by atoms with Crippen LogP contribution in [-0.4, -0.2) is 47.0 Å². The first kappa shape index (κ1) is 16.7. The number of aromatic nitrogens is 1. The Bertz CT molecular complexity index is 654. The largest absolute Gasteiger partial charge is 0.361 e. The van der Waals surface area contributed by atoms with Crippen LogP contribution in [0.15, 0.2) is 40.9 Å². The molecule has 1 aromatic heterocycles. The number of aryl methyl sites for hydroxylation is 2. The second kappa shape index (κ2) is 8.11. The second-order valence-electron chi connectivity index (χ2n) is 6.42. The van der Waals surface area contributed by atoms with Crippen molar-refractivity contribution in [2.45, 2.75) is 32.7 Å². The molecule has 0 atom stereocenters. The van der Waals surface area contributed by atoms with Crippen LogP contribution in [0.5, 0.6) is 0 Å². The molecule has 128 valence electrons. The molecule has 0 bridgehead atoms. The van der Waals surface area contributed by atoms with E-state index < -0.39 is 0 Å². The van der Waals surface area contributed by atoms with Crippen molar-refractivity contribution in [1.29, 1.82) is 0 Å². The van der Waals surface area contributed by atoms with Crippen LogP contribution in [0.25, 0.3) is 0 Å². The van der Waals surface area contributed by atoms with Gasteiger partial charge in [-0.2, -0.15) is 0 Å². The molecular weight excluding hydrogens is 302 g/mol. The summed E-state index contributed by atoms with van der Waals surface area (Å²) in [5, 5.41) is 4.06. The predicted molar refractivity (Wildman–Crippen MR) is 92.5 cm³/mol. The van der Waals surface area contributed by atoms with Gasteiger partial charge < -0.3 is 9.42 Å². The number of carbonyl (C=O) groups is 1. The summed E-state index contributed by atoms with van der Waals surface area (Å²) in [6.45, 7) is 6.24. The van der Waals surface area contributed by atoms with Crippen LogP contribution in [0.2, 0.25) is 0 Å². The van der Waals surface area contributed by atoms with Crippen molar-refractivity contribution < 1.29 is 9.32 Å². The minimum absolute atomic E-state index is 0.262. The number of hydrogen-bond acceptors (Lipinski definition) is 4. The molecule has 0 unspecified atom stereocenters. The second-order valence-corrected chi connectivity index (χ2v) is 6.42. The highest BCUT2D eigenvalue weighted by molar-refractivity contribution is 5.76. The first-order chi connectivity index (χ1) is 11.7. The summed E-state index contributed by atoms with van der Waals surface area (Å²) in [4.78, 5) is 16.8. The molecule has 1 fully saturated rings. The molecule has 24 heavy (non-hydrogen) atoms. The van der Waals surface area contributed by atoms with Crippen molar-refractivity contribution in [3.63, 3.8) is 0 Å². The summed E-state index contributed by atoms with van der Waals surface area (Å²) in [5.41, 5.74) is 2.19. The Morgan fingerprint density at radius 2 is 2.00 bits per heavy atom. The average Bonchev–Trinajstić information content (AvgIpc) is 2.86. The van der Waals surface area contributed by atoms with E-state index in [9.17, 15) is 4.79 Å². The molecule has 0 radical (unpaired) electrons. The normalized spacial score (nSPS) is 16.1. The highest BCUT2D eigenvalue weighted by Gasteiger charge is 2.19. The van der Waals surface area contributed by atoms with Gasteiger partial charge in [-0.15, -0.1) is 0 Å². The Labute approximate surface area is 143 Å². The number of benzene rings is 1. The molecule has 3 rings (SSSR count). The molecule has 1 saturated heterocycles. The molecule has 2 heterocycles. The highest BCUT2D eigenvalue weighted by atomic mass is 16.5. The van der Waals surface area contributed by atoms with E-state index in [1.165, 1.54) is 5.56 Å². The third-order valence-corrected chi connectivity index (χ3v) is 4.47. The quantitative estimate of drug-likeness (QED) is 0.847. The Morgan fingerprint density at radius 1 is 1.17 bits per heavy atom. The molecule has 1 amide bonds. The van der Waals surface area contributed by atoms with Gasteiger partial charge in [0.1, 0.15) is 5.76 Å². The number of rotatable bonds is 5. The molecule has 1 aliphatic rings. The Morgan fingerprint density at radius 3 is 2.75 bits per heavy atom. The number of carbonyl (C=O) groups excluding carboxylic acids is 1. The van der Waals surface area contributed by atoms with Crippen LogP contribution < -0.4 is 0 Å². The van der Waals surface area contributed by atoms with Crippen LogP contribution in [0.4, 0.5) is 0 Å². The Balaban J connectivity index is 1.46. The van der Waals surface area contributed by atoms with E-state index in [1.807, 2.05) is 36.1 Å². The molecular formula is C19H25N3O2. The van der Waals surface area contributed by atoms with Crippen LogP contribution in [-0.2, 0) is 17.8 Å².